The molecule has 0 saturated carbocycles. The fourth-order valence-corrected chi connectivity index (χ4v) is 23.7. The Morgan fingerprint density at radius 3 is 0.777 bits per heavy atom. The maximum absolute atomic E-state index is 7.65. The smallest absolute Gasteiger partial charge is 0.189 e. The lowest BCUT2D eigenvalue weighted by atomic mass is 9.99. The fraction of sp³-hybridized carbons (Fsp3) is 0. The Morgan fingerprint density at radius 1 is 0.157 bits per heavy atom. The van der Waals surface area contributed by atoms with Crippen molar-refractivity contribution in [3.05, 3.63) is 479 Å². The van der Waals surface area contributed by atoms with Gasteiger partial charge in [0, 0.05) is 71.4 Å². The van der Waals surface area contributed by atoms with Crippen LogP contribution < -0.4 is 20.7 Å². The highest BCUT2D eigenvalue weighted by atomic mass is 28.3. The second-order valence-electron chi connectivity index (χ2n) is 31.4. The molecule has 0 aliphatic heterocycles. The van der Waals surface area contributed by atoms with Crippen molar-refractivity contribution in [1.29, 1.82) is 0 Å². The molecular formula is C115H77N5Si. The number of fused-ring (bicyclic) bond motifs is 12. The van der Waals surface area contributed by atoms with E-state index in [9.17, 15) is 0 Å². The molecule has 0 radical (unpaired) electrons. The first-order chi connectivity index (χ1) is 59.9. The van der Waals surface area contributed by atoms with Gasteiger partial charge in [-0.1, -0.05) is 334 Å². The van der Waals surface area contributed by atoms with Crippen LogP contribution in [0.4, 0.5) is 5.69 Å². The summed E-state index contributed by atoms with van der Waals surface area (Å²) in [6, 6.07) is 170. The lowest BCUT2D eigenvalue weighted by Gasteiger charge is -2.34. The average Bonchev–Trinajstić information content (AvgIpc) is 1.71. The first-order valence-corrected chi connectivity index (χ1v) is 43.4. The van der Waals surface area contributed by atoms with Gasteiger partial charge in [-0.2, -0.15) is 0 Å². The van der Waals surface area contributed by atoms with Crippen molar-refractivity contribution in [3.63, 3.8) is 0 Å². The molecule has 19 aromatic carbocycles. The molecule has 5 nitrogen and oxygen atoms in total. The van der Waals surface area contributed by atoms with Gasteiger partial charge >= 0.3 is 0 Å². The summed E-state index contributed by atoms with van der Waals surface area (Å²) in [5, 5.41) is 15.2. The van der Waals surface area contributed by atoms with Gasteiger partial charge < -0.3 is 18.3 Å². The van der Waals surface area contributed by atoms with E-state index in [1.807, 2.05) is 18.2 Å². The zero-order valence-electron chi connectivity index (χ0n) is 66.2. The lowest BCUT2D eigenvalue weighted by molar-refractivity contribution is 1.18. The summed E-state index contributed by atoms with van der Waals surface area (Å²) in [5.74, 6) is 0. The van der Waals surface area contributed by atoms with Crippen LogP contribution in [0.25, 0.3) is 182 Å². The minimum absolute atomic E-state index is 0.640. The second kappa shape index (κ2) is 30.3. The van der Waals surface area contributed by atoms with Crippen LogP contribution in [0.3, 0.4) is 0 Å². The molecule has 0 amide bonds. The molecular weight excluding hydrogens is 1480 g/mol. The lowest BCUT2D eigenvalue weighted by Crippen LogP contribution is -2.74. The standard InChI is InChI=1S/C66H46N2Si.C49H31N3/c1-6-19-47(20-7-1)49-21-18-22-50(43-49)48-33-37-54(38-34-48)67-63-32-17-16-31-59(63)61-44-51(35-41-64(61)67)52-36-42-65-62(45-52)60-40-39-58(46-66(60)68(65)53-23-8-2-9-24-53)69(55-25-10-3-11-26-55,56-27-12-4-13-28-56)57-29-14-5-15-30-57;1-50-39-23-26-43-45-31-38(22-28-48(45)52(49(43)32-39)40-15-6-3-7-16-40)37-21-27-47-44(30-37)42-17-8-9-18-46(42)51(47)41-24-19-34(20-25-41)36-14-10-13-35(29-36)33-11-4-2-5-12-33/h1-46H;2-32H. The largest absolute Gasteiger partial charge is 0.311 e. The van der Waals surface area contributed by atoms with E-state index in [4.69, 9.17) is 6.57 Å². The van der Waals surface area contributed by atoms with E-state index in [-0.39, 0.29) is 0 Å². The van der Waals surface area contributed by atoms with Gasteiger partial charge in [0.2, 0.25) is 0 Å². The Hall–Kier alpha value is -15.9. The normalized spacial score (nSPS) is 11.6. The van der Waals surface area contributed by atoms with Gasteiger partial charge in [0.05, 0.1) is 45.2 Å². The first-order valence-electron chi connectivity index (χ1n) is 41.4. The third-order valence-corrected chi connectivity index (χ3v) is 29.4. The maximum Gasteiger partial charge on any atom is 0.189 e. The number of hydrogen-bond acceptors (Lipinski definition) is 0. The summed E-state index contributed by atoms with van der Waals surface area (Å²) in [4.78, 5) is 3.73. The Morgan fingerprint density at radius 2 is 0.413 bits per heavy atom. The molecule has 4 aromatic heterocycles. The molecule has 23 rings (SSSR count). The minimum atomic E-state index is -2.77. The van der Waals surface area contributed by atoms with E-state index in [1.165, 1.54) is 153 Å². The third kappa shape index (κ3) is 12.5. The summed E-state index contributed by atoms with van der Waals surface area (Å²) in [5.41, 5.74) is 28.9. The molecule has 23 aromatic rings. The summed E-state index contributed by atoms with van der Waals surface area (Å²) in [6.07, 6.45) is 0. The molecule has 0 unspecified atom stereocenters. The van der Waals surface area contributed by atoms with E-state index in [0.717, 1.165) is 44.7 Å². The van der Waals surface area contributed by atoms with Crippen LogP contribution in [-0.4, -0.2) is 26.3 Å². The van der Waals surface area contributed by atoms with Gasteiger partial charge in [0.15, 0.2) is 13.8 Å². The Kier molecular flexibility index (Phi) is 17.9. The van der Waals surface area contributed by atoms with E-state index in [1.54, 1.807) is 0 Å². The van der Waals surface area contributed by atoms with Crippen LogP contribution in [0.15, 0.2) is 467 Å². The van der Waals surface area contributed by atoms with E-state index in [0.29, 0.717) is 5.69 Å². The number of benzene rings is 19. The van der Waals surface area contributed by atoms with Gasteiger partial charge in [0.25, 0.3) is 0 Å². The molecule has 0 N–H and O–H groups in total. The molecule has 0 saturated heterocycles. The maximum atomic E-state index is 7.65. The van der Waals surface area contributed by atoms with Gasteiger partial charge in [0.1, 0.15) is 0 Å². The molecule has 0 spiro atoms. The van der Waals surface area contributed by atoms with Gasteiger partial charge in [-0.25, -0.2) is 4.85 Å². The molecule has 566 valence electrons. The molecule has 0 bridgehead atoms. The monoisotopic (exact) mass is 1560 g/mol. The summed E-state index contributed by atoms with van der Waals surface area (Å²) in [6.45, 7) is 7.65. The minimum Gasteiger partial charge on any atom is -0.311 e. The highest BCUT2D eigenvalue weighted by molar-refractivity contribution is 7.20. The number of rotatable bonds is 14. The van der Waals surface area contributed by atoms with Crippen LogP contribution in [0.5, 0.6) is 0 Å². The third-order valence-electron chi connectivity index (χ3n) is 24.6. The fourth-order valence-electron chi connectivity index (χ4n) is 19.0. The van der Waals surface area contributed by atoms with Crippen molar-refractivity contribution in [3.8, 4) is 89.5 Å². The number of para-hydroxylation sites is 4. The predicted molar refractivity (Wildman–Crippen MR) is 513 cm³/mol. The molecule has 0 aliphatic rings. The molecule has 6 heteroatoms. The van der Waals surface area contributed by atoms with E-state index >= 15 is 0 Å². The molecule has 0 aliphatic carbocycles. The Labute approximate surface area is 703 Å². The highest BCUT2D eigenvalue weighted by Crippen LogP contribution is 2.43. The second-order valence-corrected chi connectivity index (χ2v) is 35.2. The highest BCUT2D eigenvalue weighted by Gasteiger charge is 2.42. The van der Waals surface area contributed by atoms with Crippen molar-refractivity contribution < 1.29 is 0 Å². The Balaban J connectivity index is 0.000000151. The average molecular weight is 1560 g/mol. The number of aromatic nitrogens is 4. The summed E-state index contributed by atoms with van der Waals surface area (Å²) in [7, 11) is -2.77. The number of nitrogens with zero attached hydrogens (tertiary/aromatic N) is 5. The quantitative estimate of drug-likeness (QED) is 0.0589. The van der Waals surface area contributed by atoms with E-state index in [2.05, 4.69) is 472 Å². The van der Waals surface area contributed by atoms with Crippen molar-refractivity contribution in [2.75, 3.05) is 0 Å². The van der Waals surface area contributed by atoms with Crippen molar-refractivity contribution >= 4 is 122 Å². The van der Waals surface area contributed by atoms with Gasteiger partial charge in [-0.15, -0.1) is 0 Å². The molecule has 121 heavy (non-hydrogen) atoms. The molecule has 0 fully saturated rings. The van der Waals surface area contributed by atoms with Crippen LogP contribution in [0.1, 0.15) is 0 Å². The van der Waals surface area contributed by atoms with E-state index < -0.39 is 8.07 Å². The number of hydrogen-bond donors (Lipinski definition) is 0. The van der Waals surface area contributed by atoms with Crippen LogP contribution in [-0.2, 0) is 0 Å². The first kappa shape index (κ1) is 71.6. The zero-order valence-corrected chi connectivity index (χ0v) is 67.2. The van der Waals surface area contributed by atoms with Gasteiger partial charge in [-0.05, 0) is 221 Å². The summed E-state index contributed by atoms with van der Waals surface area (Å²) < 4.78 is 9.53. The topological polar surface area (TPSA) is 24.1 Å². The predicted octanol–water partition coefficient (Wildman–Crippen LogP) is 27.7. The van der Waals surface area contributed by atoms with Crippen LogP contribution in [0, 0.1) is 6.57 Å². The zero-order chi connectivity index (χ0) is 80.3. The van der Waals surface area contributed by atoms with Crippen molar-refractivity contribution in [1.82, 2.24) is 18.3 Å². The molecule has 0 atom stereocenters. The van der Waals surface area contributed by atoms with Gasteiger partial charge in [-0.3, -0.25) is 0 Å². The summed E-state index contributed by atoms with van der Waals surface area (Å²) >= 11 is 0. The van der Waals surface area contributed by atoms with Crippen molar-refractivity contribution in [2.45, 2.75) is 0 Å². The van der Waals surface area contributed by atoms with Crippen molar-refractivity contribution in [2.24, 2.45) is 0 Å². The Bertz CT molecular complexity index is 7800. The molecule has 4 heterocycles. The SMILES string of the molecule is [C-]#[N+]c1ccc2c3cc(-c4ccc5c(c4)c4ccccc4n5-c4ccc(-c5cccc(-c6ccccc6)c5)cc4)ccc3n(-c3ccccc3)c2c1.c1ccc(-c2cccc(-c3ccc(-n4c5ccccc5c5cc(-c6ccc7c(c6)c6ccc([Si](c8ccccc8)(c8ccccc8)c8ccccc8)cc6n7-c6ccccc6)ccc54)cc3)c2)cc1. The van der Waals surface area contributed by atoms with Crippen LogP contribution in [0.2, 0.25) is 0 Å². The van der Waals surface area contributed by atoms with Crippen LogP contribution >= 0.6 is 0 Å².